The van der Waals surface area contributed by atoms with Crippen LogP contribution < -0.4 is 5.73 Å². The molecule has 0 amide bonds. The summed E-state index contributed by atoms with van der Waals surface area (Å²) in [6.45, 7) is 0. The Kier molecular flexibility index (Phi) is 3.12. The fourth-order valence-corrected chi connectivity index (χ4v) is 2.35. The Morgan fingerprint density at radius 2 is 2.10 bits per heavy atom. The van der Waals surface area contributed by atoms with Crippen LogP contribution in [0.4, 0.5) is 19.0 Å². The maximum atomic E-state index is 12.5. The highest BCUT2D eigenvalue weighted by molar-refractivity contribution is 5.92. The number of H-pyrrole nitrogens is 1. The van der Waals surface area contributed by atoms with E-state index in [4.69, 9.17) is 5.73 Å². The summed E-state index contributed by atoms with van der Waals surface area (Å²) in [5, 5.41) is 7.29. The van der Waals surface area contributed by atoms with Crippen LogP contribution in [0.3, 0.4) is 0 Å². The first-order chi connectivity index (χ1) is 9.94. The zero-order valence-corrected chi connectivity index (χ0v) is 10.9. The molecule has 0 radical (unpaired) electrons. The fraction of sp³-hybridized carbons (Fsp3) is 0.214. The molecule has 1 heterocycles. The molecule has 4 nitrogen and oxygen atoms in total. The van der Waals surface area contributed by atoms with Gasteiger partial charge in [0.15, 0.2) is 5.82 Å². The van der Waals surface area contributed by atoms with Crippen LogP contribution in [-0.2, 0) is 4.74 Å². The van der Waals surface area contributed by atoms with Gasteiger partial charge in [-0.3, -0.25) is 5.10 Å². The van der Waals surface area contributed by atoms with E-state index in [9.17, 15) is 13.2 Å². The third-order valence-electron chi connectivity index (χ3n) is 3.27. The Bertz CT molecular complexity index is 743. The number of nitrogens with one attached hydrogen (secondary N) is 1. The van der Waals surface area contributed by atoms with Crippen molar-refractivity contribution in [2.75, 3.05) is 5.73 Å². The number of nitrogens with zero attached hydrogens (tertiary/aromatic N) is 1. The average molecular weight is 295 g/mol. The second-order valence-electron chi connectivity index (χ2n) is 4.69. The van der Waals surface area contributed by atoms with Gasteiger partial charge in [0.2, 0.25) is 0 Å². The van der Waals surface area contributed by atoms with Gasteiger partial charge in [0.05, 0.1) is 5.52 Å². The summed E-state index contributed by atoms with van der Waals surface area (Å²) in [6, 6.07) is 5.15. The molecule has 21 heavy (non-hydrogen) atoms. The Hall–Kier alpha value is -2.44. The second-order valence-corrected chi connectivity index (χ2v) is 4.69. The molecule has 1 aromatic heterocycles. The fourth-order valence-electron chi connectivity index (χ4n) is 2.35. The third-order valence-corrected chi connectivity index (χ3v) is 3.27. The van der Waals surface area contributed by atoms with Crippen LogP contribution in [0.25, 0.3) is 16.5 Å². The molecule has 0 bridgehead atoms. The number of halogens is 3. The predicted molar refractivity (Wildman–Crippen MR) is 72.9 cm³/mol. The van der Waals surface area contributed by atoms with Crippen molar-refractivity contribution < 1.29 is 17.9 Å². The monoisotopic (exact) mass is 295 g/mol. The maximum Gasteiger partial charge on any atom is 0.572 e. The molecular weight excluding hydrogens is 283 g/mol. The third kappa shape index (κ3) is 2.72. The number of anilines is 1. The van der Waals surface area contributed by atoms with E-state index in [2.05, 4.69) is 14.9 Å². The lowest BCUT2D eigenvalue weighted by Gasteiger charge is -2.18. The zero-order chi connectivity index (χ0) is 15.0. The summed E-state index contributed by atoms with van der Waals surface area (Å²) >= 11 is 0. The molecule has 0 unspecified atom stereocenters. The van der Waals surface area contributed by atoms with Crippen LogP contribution in [0.5, 0.6) is 0 Å². The van der Waals surface area contributed by atoms with Gasteiger partial charge in [0.25, 0.3) is 0 Å². The van der Waals surface area contributed by atoms with E-state index < -0.39 is 6.36 Å². The number of allylic oxidation sites excluding steroid dienone is 4. The summed E-state index contributed by atoms with van der Waals surface area (Å²) in [4.78, 5) is 0. The van der Waals surface area contributed by atoms with Crippen molar-refractivity contribution in [2.24, 2.45) is 0 Å². The van der Waals surface area contributed by atoms with E-state index in [1.54, 1.807) is 24.3 Å². The minimum absolute atomic E-state index is 0.0774. The molecule has 1 aliphatic rings. The number of benzene rings is 1. The number of nitrogen functional groups attached to an aromatic ring is 1. The number of hydrogen-bond donors (Lipinski definition) is 2. The average Bonchev–Trinajstić information content (AvgIpc) is 2.79. The molecular formula is C14H12F3N3O. The normalized spacial score (nSPS) is 15.8. The number of aromatic nitrogens is 2. The molecule has 0 saturated heterocycles. The predicted octanol–water partition coefficient (Wildman–Crippen LogP) is 3.74. The molecule has 110 valence electrons. The van der Waals surface area contributed by atoms with E-state index >= 15 is 0 Å². The number of rotatable bonds is 2. The second kappa shape index (κ2) is 4.83. The Balaban J connectivity index is 2.08. The standard InChI is InChI=1S/C14H12F3N3O/c15-14(16,17)21-12-4-2-1-3-9(12)8-5-6-11-10(7-8)13(18)20-19-11/h1,3,5-7H,2,4H2,(H3,18,19,20). The first kappa shape index (κ1) is 13.5. The van der Waals surface area contributed by atoms with Crippen molar-refractivity contribution in [2.45, 2.75) is 19.2 Å². The van der Waals surface area contributed by atoms with Crippen LogP contribution in [0.2, 0.25) is 0 Å². The summed E-state index contributed by atoms with van der Waals surface area (Å²) in [5.41, 5.74) is 7.49. The van der Waals surface area contributed by atoms with E-state index in [-0.39, 0.29) is 12.2 Å². The van der Waals surface area contributed by atoms with Gasteiger partial charge in [-0.1, -0.05) is 18.2 Å². The Morgan fingerprint density at radius 3 is 2.86 bits per heavy atom. The molecule has 7 heteroatoms. The largest absolute Gasteiger partial charge is 0.572 e. The molecule has 0 spiro atoms. The van der Waals surface area contributed by atoms with Crippen LogP contribution in [-0.4, -0.2) is 16.6 Å². The minimum Gasteiger partial charge on any atom is -0.410 e. The first-order valence-corrected chi connectivity index (χ1v) is 6.33. The van der Waals surface area contributed by atoms with E-state index in [0.29, 0.717) is 28.8 Å². The van der Waals surface area contributed by atoms with Crippen LogP contribution >= 0.6 is 0 Å². The highest BCUT2D eigenvalue weighted by atomic mass is 19.4. The van der Waals surface area contributed by atoms with Crippen molar-refractivity contribution in [3.8, 4) is 0 Å². The van der Waals surface area contributed by atoms with Gasteiger partial charge in [-0.2, -0.15) is 5.10 Å². The van der Waals surface area contributed by atoms with Crippen molar-refractivity contribution in [3.63, 3.8) is 0 Å². The van der Waals surface area contributed by atoms with Gasteiger partial charge in [0.1, 0.15) is 5.76 Å². The summed E-state index contributed by atoms with van der Waals surface area (Å²) in [6.07, 6.45) is -0.497. The molecule has 0 aliphatic heterocycles. The number of aromatic amines is 1. The van der Waals surface area contributed by atoms with E-state index in [1.807, 2.05) is 6.08 Å². The van der Waals surface area contributed by atoms with Gasteiger partial charge < -0.3 is 10.5 Å². The minimum atomic E-state index is -4.69. The van der Waals surface area contributed by atoms with Crippen LogP contribution in [0, 0.1) is 0 Å². The smallest absolute Gasteiger partial charge is 0.410 e. The Morgan fingerprint density at radius 1 is 1.29 bits per heavy atom. The Labute approximate surface area is 118 Å². The van der Waals surface area contributed by atoms with Gasteiger partial charge in [-0.05, 0) is 24.1 Å². The van der Waals surface area contributed by atoms with Gasteiger partial charge in [-0.15, -0.1) is 13.2 Å². The zero-order valence-electron chi connectivity index (χ0n) is 10.9. The molecule has 1 aromatic carbocycles. The topological polar surface area (TPSA) is 63.9 Å². The van der Waals surface area contributed by atoms with Crippen molar-refractivity contribution in [1.29, 1.82) is 0 Å². The molecule has 3 N–H and O–H groups in total. The molecule has 1 aliphatic carbocycles. The first-order valence-electron chi connectivity index (χ1n) is 6.33. The lowest BCUT2D eigenvalue weighted by atomic mass is 9.97. The highest BCUT2D eigenvalue weighted by Gasteiger charge is 2.33. The quantitative estimate of drug-likeness (QED) is 0.887. The molecule has 2 aromatic rings. The summed E-state index contributed by atoms with van der Waals surface area (Å²) in [7, 11) is 0. The number of nitrogens with two attached hydrogens (primary N) is 1. The number of fused-ring (bicyclic) bond motifs is 1. The van der Waals surface area contributed by atoms with Gasteiger partial charge >= 0.3 is 6.36 Å². The van der Waals surface area contributed by atoms with Gasteiger partial charge in [0, 0.05) is 17.4 Å². The number of alkyl halides is 3. The summed E-state index contributed by atoms with van der Waals surface area (Å²) in [5.74, 6) is 0.233. The van der Waals surface area contributed by atoms with Crippen LogP contribution in [0.15, 0.2) is 36.1 Å². The molecule has 3 rings (SSSR count). The molecule has 0 saturated carbocycles. The number of hydrogen-bond acceptors (Lipinski definition) is 3. The van der Waals surface area contributed by atoms with Crippen LogP contribution in [0.1, 0.15) is 18.4 Å². The molecule has 0 fully saturated rings. The lowest BCUT2D eigenvalue weighted by molar-refractivity contribution is -0.306. The highest BCUT2D eigenvalue weighted by Crippen LogP contribution is 2.34. The molecule has 0 atom stereocenters. The van der Waals surface area contributed by atoms with Crippen molar-refractivity contribution in [3.05, 3.63) is 41.7 Å². The van der Waals surface area contributed by atoms with Crippen molar-refractivity contribution in [1.82, 2.24) is 10.2 Å². The lowest BCUT2D eigenvalue weighted by Crippen LogP contribution is -2.14. The van der Waals surface area contributed by atoms with E-state index in [1.165, 1.54) is 0 Å². The summed E-state index contributed by atoms with van der Waals surface area (Å²) < 4.78 is 41.6. The van der Waals surface area contributed by atoms with Crippen molar-refractivity contribution >= 4 is 22.3 Å². The van der Waals surface area contributed by atoms with E-state index in [0.717, 1.165) is 5.52 Å². The SMILES string of the molecule is Nc1n[nH]c2ccc(C3=C(OC(F)(F)F)CCC=C3)cc12. The maximum absolute atomic E-state index is 12.5. The van der Waals surface area contributed by atoms with Gasteiger partial charge in [-0.25, -0.2) is 0 Å². The number of ether oxygens (including phenoxy) is 1.